The van der Waals surface area contributed by atoms with E-state index in [1.54, 1.807) is 12.1 Å². The van der Waals surface area contributed by atoms with Crippen molar-refractivity contribution >= 4 is 28.2 Å². The highest BCUT2D eigenvalue weighted by Gasteiger charge is 2.34. The highest BCUT2D eigenvalue weighted by Crippen LogP contribution is 2.44. The number of hydrogen-bond acceptors (Lipinski definition) is 4. The van der Waals surface area contributed by atoms with Gasteiger partial charge in [0.25, 0.3) is 5.91 Å². The Balaban J connectivity index is 1.92. The van der Waals surface area contributed by atoms with Crippen molar-refractivity contribution in [2.45, 2.75) is 40.0 Å². The van der Waals surface area contributed by atoms with Crippen LogP contribution in [0.2, 0.25) is 0 Å². The number of furan rings is 1. The monoisotopic (exact) mass is 347 g/mol. The Labute approximate surface area is 144 Å². The van der Waals surface area contributed by atoms with Gasteiger partial charge in [-0.05, 0) is 48.3 Å². The number of aromatic carboxylic acids is 1. The van der Waals surface area contributed by atoms with Crippen LogP contribution in [0.1, 0.15) is 58.5 Å². The van der Waals surface area contributed by atoms with Crippen LogP contribution < -0.4 is 5.32 Å². The molecule has 1 amide bonds. The lowest BCUT2D eigenvalue weighted by Crippen LogP contribution is -2.26. The van der Waals surface area contributed by atoms with Gasteiger partial charge < -0.3 is 14.8 Å². The molecule has 0 aliphatic heterocycles. The van der Waals surface area contributed by atoms with Crippen molar-refractivity contribution in [3.63, 3.8) is 0 Å². The van der Waals surface area contributed by atoms with E-state index in [2.05, 4.69) is 26.1 Å². The molecule has 0 saturated heterocycles. The van der Waals surface area contributed by atoms with Gasteiger partial charge in [-0.3, -0.25) is 4.79 Å². The molecule has 1 atom stereocenters. The van der Waals surface area contributed by atoms with Gasteiger partial charge in [0.2, 0.25) is 0 Å². The topological polar surface area (TPSA) is 79.5 Å². The summed E-state index contributed by atoms with van der Waals surface area (Å²) in [7, 11) is 0. The molecule has 128 valence electrons. The summed E-state index contributed by atoms with van der Waals surface area (Å²) in [5.41, 5.74) is 1.30. The molecule has 0 saturated carbocycles. The molecule has 0 unspecified atom stereocenters. The molecule has 0 bridgehead atoms. The Morgan fingerprint density at radius 1 is 1.38 bits per heavy atom. The number of carbonyl (C=O) groups is 2. The molecule has 3 rings (SSSR count). The standard InChI is InChI=1S/C18H21NO4S/c1-18(2,3)10-6-7-11-13(9-10)24-16(14(11)17(21)22)19-15(20)12-5-4-8-23-12/h4-5,8,10H,6-7,9H2,1-3H3,(H,19,20)(H,21,22)/t10-/m1/s1. The maximum atomic E-state index is 12.2. The number of hydrogen-bond donors (Lipinski definition) is 2. The number of carboxylic acid groups (broad SMARTS) is 1. The summed E-state index contributed by atoms with van der Waals surface area (Å²) >= 11 is 1.38. The fraction of sp³-hybridized carbons (Fsp3) is 0.444. The van der Waals surface area contributed by atoms with Gasteiger partial charge in [-0.15, -0.1) is 11.3 Å². The number of rotatable bonds is 3. The summed E-state index contributed by atoms with van der Waals surface area (Å²) in [5.74, 6) is -0.728. The maximum absolute atomic E-state index is 12.2. The number of thiophene rings is 1. The van der Waals surface area contributed by atoms with E-state index in [0.717, 1.165) is 29.7 Å². The molecule has 2 N–H and O–H groups in total. The van der Waals surface area contributed by atoms with Crippen molar-refractivity contribution < 1.29 is 19.1 Å². The first-order valence-corrected chi connectivity index (χ1v) is 8.81. The van der Waals surface area contributed by atoms with Crippen molar-refractivity contribution in [1.29, 1.82) is 0 Å². The molecular formula is C18H21NO4S. The quantitative estimate of drug-likeness (QED) is 0.860. The second-order valence-corrected chi connectivity index (χ2v) is 8.36. The zero-order chi connectivity index (χ0) is 17.5. The number of carbonyl (C=O) groups excluding carboxylic acids is 1. The van der Waals surface area contributed by atoms with Gasteiger partial charge in [0.1, 0.15) is 5.00 Å². The lowest BCUT2D eigenvalue weighted by molar-refractivity contribution is 0.0696. The Hall–Kier alpha value is -2.08. The summed E-state index contributed by atoms with van der Waals surface area (Å²) in [6.45, 7) is 6.65. The fourth-order valence-electron chi connectivity index (χ4n) is 3.21. The number of carboxylic acids is 1. The van der Waals surface area contributed by atoms with Gasteiger partial charge in [-0.1, -0.05) is 20.8 Å². The summed E-state index contributed by atoms with van der Waals surface area (Å²) in [6, 6.07) is 3.18. The van der Waals surface area contributed by atoms with Crippen LogP contribution in [0, 0.1) is 11.3 Å². The van der Waals surface area contributed by atoms with Crippen molar-refractivity contribution in [3.05, 3.63) is 40.2 Å². The third-order valence-corrected chi connectivity index (χ3v) is 5.85. The van der Waals surface area contributed by atoms with Gasteiger partial charge >= 0.3 is 5.97 Å². The first kappa shape index (κ1) is 16.8. The van der Waals surface area contributed by atoms with E-state index < -0.39 is 11.9 Å². The minimum absolute atomic E-state index is 0.172. The van der Waals surface area contributed by atoms with E-state index in [9.17, 15) is 14.7 Å². The first-order valence-electron chi connectivity index (χ1n) is 8.00. The van der Waals surface area contributed by atoms with Crippen LogP contribution in [-0.2, 0) is 12.8 Å². The largest absolute Gasteiger partial charge is 0.478 e. The van der Waals surface area contributed by atoms with Crippen molar-refractivity contribution in [2.24, 2.45) is 11.3 Å². The number of fused-ring (bicyclic) bond motifs is 1. The molecule has 24 heavy (non-hydrogen) atoms. The molecule has 2 heterocycles. The van der Waals surface area contributed by atoms with Crippen molar-refractivity contribution in [2.75, 3.05) is 5.32 Å². The van der Waals surface area contributed by atoms with Crippen LogP contribution in [0.15, 0.2) is 22.8 Å². The van der Waals surface area contributed by atoms with E-state index in [0.29, 0.717) is 10.9 Å². The van der Waals surface area contributed by atoms with Crippen LogP contribution in [0.4, 0.5) is 5.00 Å². The van der Waals surface area contributed by atoms with Crippen LogP contribution in [0.3, 0.4) is 0 Å². The third kappa shape index (κ3) is 3.11. The molecule has 0 radical (unpaired) electrons. The lowest BCUT2D eigenvalue weighted by atomic mass is 9.72. The summed E-state index contributed by atoms with van der Waals surface area (Å²) in [5, 5.41) is 12.7. The van der Waals surface area contributed by atoms with E-state index >= 15 is 0 Å². The smallest absolute Gasteiger partial charge is 0.339 e. The highest BCUT2D eigenvalue weighted by atomic mass is 32.1. The minimum atomic E-state index is -0.989. The predicted molar refractivity (Wildman–Crippen MR) is 92.9 cm³/mol. The molecule has 5 nitrogen and oxygen atoms in total. The predicted octanol–water partition coefficient (Wildman–Crippen LogP) is 4.44. The van der Waals surface area contributed by atoms with Crippen LogP contribution in [0.5, 0.6) is 0 Å². The van der Waals surface area contributed by atoms with Crippen LogP contribution >= 0.6 is 11.3 Å². The molecule has 0 fully saturated rings. The van der Waals surface area contributed by atoms with E-state index in [-0.39, 0.29) is 16.7 Å². The molecule has 0 aromatic carbocycles. The Kier molecular flexibility index (Phi) is 4.25. The Morgan fingerprint density at radius 2 is 2.12 bits per heavy atom. The number of amides is 1. The molecular weight excluding hydrogens is 326 g/mol. The molecule has 2 aromatic rings. The van der Waals surface area contributed by atoms with Crippen molar-refractivity contribution in [1.82, 2.24) is 0 Å². The molecule has 2 aromatic heterocycles. The Morgan fingerprint density at radius 3 is 2.71 bits per heavy atom. The van der Waals surface area contributed by atoms with Gasteiger partial charge in [0.15, 0.2) is 5.76 Å². The first-order chi connectivity index (χ1) is 11.3. The molecule has 1 aliphatic carbocycles. The van der Waals surface area contributed by atoms with Gasteiger partial charge in [0.05, 0.1) is 11.8 Å². The maximum Gasteiger partial charge on any atom is 0.339 e. The summed E-state index contributed by atoms with van der Waals surface area (Å²) in [4.78, 5) is 25.0. The zero-order valence-electron chi connectivity index (χ0n) is 14.0. The SMILES string of the molecule is CC(C)(C)[C@@H]1CCc2c(sc(NC(=O)c3ccco3)c2C(=O)O)C1. The van der Waals surface area contributed by atoms with Crippen LogP contribution in [0.25, 0.3) is 0 Å². The van der Waals surface area contributed by atoms with E-state index in [4.69, 9.17) is 4.42 Å². The summed E-state index contributed by atoms with van der Waals surface area (Å²) < 4.78 is 5.08. The average Bonchev–Trinajstić information content (AvgIpc) is 3.12. The molecule has 0 spiro atoms. The second-order valence-electron chi connectivity index (χ2n) is 7.25. The third-order valence-electron chi connectivity index (χ3n) is 4.68. The van der Waals surface area contributed by atoms with E-state index in [1.807, 2.05) is 0 Å². The second kappa shape index (κ2) is 6.09. The molecule has 1 aliphatic rings. The average molecular weight is 347 g/mol. The number of anilines is 1. The highest BCUT2D eigenvalue weighted by molar-refractivity contribution is 7.17. The van der Waals surface area contributed by atoms with Crippen LogP contribution in [-0.4, -0.2) is 17.0 Å². The lowest BCUT2D eigenvalue weighted by Gasteiger charge is -2.33. The number of nitrogens with one attached hydrogen (secondary N) is 1. The van der Waals surface area contributed by atoms with E-state index in [1.165, 1.54) is 17.6 Å². The zero-order valence-corrected chi connectivity index (χ0v) is 14.8. The molecule has 6 heteroatoms. The fourth-order valence-corrected chi connectivity index (χ4v) is 4.53. The minimum Gasteiger partial charge on any atom is -0.478 e. The Bertz CT molecular complexity index is 768. The van der Waals surface area contributed by atoms with Gasteiger partial charge in [-0.25, -0.2) is 4.79 Å². The normalized spacial score (nSPS) is 17.4. The van der Waals surface area contributed by atoms with Crippen molar-refractivity contribution in [3.8, 4) is 0 Å². The summed E-state index contributed by atoms with van der Waals surface area (Å²) in [6.07, 6.45) is 3.99. The van der Waals surface area contributed by atoms with Gasteiger partial charge in [0, 0.05) is 4.88 Å². The van der Waals surface area contributed by atoms with Gasteiger partial charge in [-0.2, -0.15) is 0 Å².